The monoisotopic (exact) mass is 504 g/mol. The van der Waals surface area contributed by atoms with Crippen molar-refractivity contribution in [2.24, 2.45) is 0 Å². The molecular formula is C33H32N2O3. The summed E-state index contributed by atoms with van der Waals surface area (Å²) in [5, 5.41) is 4.44. The van der Waals surface area contributed by atoms with E-state index in [2.05, 4.69) is 46.7 Å². The van der Waals surface area contributed by atoms with Gasteiger partial charge in [0.2, 0.25) is 5.91 Å². The summed E-state index contributed by atoms with van der Waals surface area (Å²) in [6.07, 6.45) is 3.01. The van der Waals surface area contributed by atoms with Gasteiger partial charge in [-0.25, -0.2) is 0 Å². The molecule has 1 heterocycles. The molecule has 192 valence electrons. The first-order chi connectivity index (χ1) is 18.7. The second-order valence-corrected chi connectivity index (χ2v) is 9.38. The molecule has 0 saturated carbocycles. The summed E-state index contributed by atoms with van der Waals surface area (Å²) < 4.78 is 11.1. The summed E-state index contributed by atoms with van der Waals surface area (Å²) in [4.78, 5) is 17.1. The van der Waals surface area contributed by atoms with Crippen LogP contribution in [0.15, 0.2) is 109 Å². The number of methoxy groups -OCH3 is 2. The highest BCUT2D eigenvalue weighted by molar-refractivity contribution is 5.86. The van der Waals surface area contributed by atoms with Gasteiger partial charge in [0, 0.05) is 29.4 Å². The molecule has 0 aliphatic carbocycles. The first-order valence-electron chi connectivity index (χ1n) is 12.8. The smallest absolute Gasteiger partial charge is 0.221 e. The van der Waals surface area contributed by atoms with Gasteiger partial charge < -0.3 is 19.8 Å². The van der Waals surface area contributed by atoms with Crippen LogP contribution in [0.2, 0.25) is 0 Å². The van der Waals surface area contributed by atoms with Crippen LogP contribution in [0.3, 0.4) is 0 Å². The molecule has 0 spiro atoms. The Kier molecular flexibility index (Phi) is 7.74. The summed E-state index contributed by atoms with van der Waals surface area (Å²) in [6, 6.07) is 34.3. The van der Waals surface area contributed by atoms with Crippen LogP contribution in [0.4, 0.5) is 0 Å². The minimum absolute atomic E-state index is 0.0140. The fourth-order valence-electron chi connectivity index (χ4n) is 5.09. The number of ether oxygens (including phenoxy) is 2. The molecule has 1 amide bonds. The van der Waals surface area contributed by atoms with E-state index in [0.29, 0.717) is 17.9 Å². The third-order valence-corrected chi connectivity index (χ3v) is 7.02. The first-order valence-corrected chi connectivity index (χ1v) is 12.8. The van der Waals surface area contributed by atoms with E-state index in [1.807, 2.05) is 72.9 Å². The topological polar surface area (TPSA) is 63.3 Å². The van der Waals surface area contributed by atoms with Crippen molar-refractivity contribution < 1.29 is 14.3 Å². The molecule has 0 radical (unpaired) electrons. The van der Waals surface area contributed by atoms with Gasteiger partial charge in [-0.15, -0.1) is 0 Å². The first kappa shape index (κ1) is 25.2. The lowest BCUT2D eigenvalue weighted by atomic mass is 9.87. The Balaban J connectivity index is 1.47. The Hall–Kier alpha value is -4.51. The molecule has 0 fully saturated rings. The van der Waals surface area contributed by atoms with Gasteiger partial charge in [-0.2, -0.15) is 0 Å². The Bertz CT molecular complexity index is 1500. The number of hydrogen-bond donors (Lipinski definition) is 2. The molecule has 0 aliphatic rings. The fourth-order valence-corrected chi connectivity index (χ4v) is 5.09. The molecule has 5 heteroatoms. The van der Waals surface area contributed by atoms with Gasteiger partial charge in [0.1, 0.15) is 0 Å². The zero-order chi connectivity index (χ0) is 26.3. The Morgan fingerprint density at radius 3 is 2.21 bits per heavy atom. The maximum atomic E-state index is 13.7. The number of hydrogen-bond acceptors (Lipinski definition) is 3. The summed E-state index contributed by atoms with van der Waals surface area (Å²) in [5.74, 6) is 1.10. The van der Waals surface area contributed by atoms with Crippen molar-refractivity contribution in [2.75, 3.05) is 14.2 Å². The van der Waals surface area contributed by atoms with E-state index in [0.717, 1.165) is 27.6 Å². The van der Waals surface area contributed by atoms with Crippen LogP contribution in [0.1, 0.15) is 40.6 Å². The minimum atomic E-state index is -0.181. The van der Waals surface area contributed by atoms with Crippen molar-refractivity contribution in [1.29, 1.82) is 0 Å². The highest BCUT2D eigenvalue weighted by atomic mass is 16.5. The van der Waals surface area contributed by atoms with Crippen LogP contribution < -0.4 is 14.8 Å². The van der Waals surface area contributed by atoms with Crippen LogP contribution in [0, 0.1) is 0 Å². The van der Waals surface area contributed by atoms with Crippen molar-refractivity contribution in [3.05, 3.63) is 132 Å². The number of nitrogens with one attached hydrogen (secondary N) is 2. The van der Waals surface area contributed by atoms with E-state index >= 15 is 0 Å². The number of benzene rings is 4. The molecule has 2 atom stereocenters. The second-order valence-electron chi connectivity index (χ2n) is 9.38. The molecule has 0 saturated heterocycles. The van der Waals surface area contributed by atoms with Crippen molar-refractivity contribution in [1.82, 2.24) is 10.3 Å². The van der Waals surface area contributed by atoms with Gasteiger partial charge >= 0.3 is 0 Å². The number of para-hydroxylation sites is 1. The van der Waals surface area contributed by atoms with Gasteiger partial charge in [-0.1, -0.05) is 84.9 Å². The van der Waals surface area contributed by atoms with E-state index < -0.39 is 0 Å². The van der Waals surface area contributed by atoms with Crippen LogP contribution in [-0.2, 0) is 11.2 Å². The molecule has 1 aromatic heterocycles. The molecule has 0 aliphatic heterocycles. The predicted octanol–water partition coefficient (Wildman–Crippen LogP) is 6.81. The van der Waals surface area contributed by atoms with Crippen LogP contribution in [0.5, 0.6) is 11.5 Å². The quantitative estimate of drug-likeness (QED) is 0.220. The Morgan fingerprint density at radius 2 is 1.47 bits per heavy atom. The molecule has 0 unspecified atom stereocenters. The van der Waals surface area contributed by atoms with E-state index in [1.165, 1.54) is 5.56 Å². The summed E-state index contributed by atoms with van der Waals surface area (Å²) >= 11 is 0. The lowest BCUT2D eigenvalue weighted by Crippen LogP contribution is -2.31. The highest BCUT2D eigenvalue weighted by Crippen LogP contribution is 2.38. The van der Waals surface area contributed by atoms with Gasteiger partial charge in [-0.3, -0.25) is 4.79 Å². The minimum Gasteiger partial charge on any atom is -0.493 e. The second kappa shape index (κ2) is 11.7. The molecule has 38 heavy (non-hydrogen) atoms. The number of amides is 1. The molecule has 2 N–H and O–H groups in total. The SMILES string of the molecule is COc1ccc([C@H](CC(=O)N[C@H](Cc2ccccc2)c2ccccc2)c2c[nH]c3ccccc23)cc1OC. The maximum absolute atomic E-state index is 13.7. The van der Waals surface area contributed by atoms with Crippen molar-refractivity contribution >= 4 is 16.8 Å². The maximum Gasteiger partial charge on any atom is 0.221 e. The number of aromatic amines is 1. The molecular weight excluding hydrogens is 472 g/mol. The number of H-pyrrole nitrogens is 1. The number of carbonyl (C=O) groups is 1. The molecule has 5 aromatic rings. The summed E-state index contributed by atoms with van der Waals surface area (Å²) in [6.45, 7) is 0. The van der Waals surface area contributed by atoms with Crippen molar-refractivity contribution in [3.63, 3.8) is 0 Å². The van der Waals surface area contributed by atoms with Gasteiger partial charge in [0.25, 0.3) is 0 Å². The number of carbonyl (C=O) groups excluding carboxylic acids is 1. The number of aromatic nitrogens is 1. The van der Waals surface area contributed by atoms with Gasteiger partial charge in [0.15, 0.2) is 11.5 Å². The average molecular weight is 505 g/mol. The van der Waals surface area contributed by atoms with E-state index in [9.17, 15) is 4.79 Å². The lowest BCUT2D eigenvalue weighted by Gasteiger charge is -2.23. The van der Waals surface area contributed by atoms with Crippen LogP contribution >= 0.6 is 0 Å². The average Bonchev–Trinajstić information content (AvgIpc) is 3.40. The third kappa shape index (κ3) is 5.57. The highest BCUT2D eigenvalue weighted by Gasteiger charge is 2.24. The summed E-state index contributed by atoms with van der Waals surface area (Å²) in [7, 11) is 3.25. The van der Waals surface area contributed by atoms with Gasteiger partial charge in [-0.05, 0) is 46.9 Å². The Labute approximate surface area is 223 Å². The molecule has 4 aromatic carbocycles. The normalized spacial score (nSPS) is 12.6. The Morgan fingerprint density at radius 1 is 0.789 bits per heavy atom. The fraction of sp³-hybridized carbons (Fsp3) is 0.182. The number of fused-ring (bicyclic) bond motifs is 1. The number of rotatable bonds is 10. The molecule has 0 bridgehead atoms. The van der Waals surface area contributed by atoms with E-state index in [4.69, 9.17) is 9.47 Å². The van der Waals surface area contributed by atoms with Crippen LogP contribution in [-0.4, -0.2) is 25.1 Å². The van der Waals surface area contributed by atoms with Crippen molar-refractivity contribution in [3.8, 4) is 11.5 Å². The standard InChI is InChI=1S/C33H32N2O3/c1-37-31-18-17-25(20-32(31)38-2)27(28-22-34-29-16-10-9-15-26(28)29)21-33(36)35-30(24-13-7-4-8-14-24)19-23-11-5-3-6-12-23/h3-18,20,22,27,30,34H,19,21H2,1-2H3,(H,35,36)/t27-,30+/m0/s1. The van der Waals surface area contributed by atoms with E-state index in [1.54, 1.807) is 14.2 Å². The summed E-state index contributed by atoms with van der Waals surface area (Å²) in [5.41, 5.74) is 5.36. The van der Waals surface area contributed by atoms with Crippen molar-refractivity contribution in [2.45, 2.75) is 24.8 Å². The van der Waals surface area contributed by atoms with Gasteiger partial charge in [0.05, 0.1) is 20.3 Å². The largest absolute Gasteiger partial charge is 0.493 e. The third-order valence-electron chi connectivity index (χ3n) is 7.02. The zero-order valence-electron chi connectivity index (χ0n) is 21.7. The van der Waals surface area contributed by atoms with E-state index in [-0.39, 0.29) is 24.3 Å². The molecule has 5 rings (SSSR count). The predicted molar refractivity (Wildman–Crippen MR) is 152 cm³/mol. The van der Waals surface area contributed by atoms with Crippen LogP contribution in [0.25, 0.3) is 10.9 Å². The zero-order valence-corrected chi connectivity index (χ0v) is 21.7. The lowest BCUT2D eigenvalue weighted by molar-refractivity contribution is -0.122. The molecule has 5 nitrogen and oxygen atoms in total.